The van der Waals surface area contributed by atoms with Crippen molar-refractivity contribution in [2.24, 2.45) is 5.73 Å². The maximum atomic E-state index is 11.2. The summed E-state index contributed by atoms with van der Waals surface area (Å²) in [5.41, 5.74) is 5.98. The number of carbonyl (C=O) groups is 2. The molecule has 1 fully saturated rings. The Morgan fingerprint density at radius 3 is 2.86 bits per heavy atom. The summed E-state index contributed by atoms with van der Waals surface area (Å²) in [6, 6.07) is -0.416. The highest BCUT2D eigenvalue weighted by Gasteiger charge is 2.34. The first kappa shape index (κ1) is 10.7. The summed E-state index contributed by atoms with van der Waals surface area (Å²) in [5, 5.41) is 0. The van der Waals surface area contributed by atoms with E-state index in [0.717, 1.165) is 0 Å². The van der Waals surface area contributed by atoms with Crippen molar-refractivity contribution in [3.05, 3.63) is 11.8 Å². The predicted molar refractivity (Wildman–Crippen MR) is 50.1 cm³/mol. The van der Waals surface area contributed by atoms with Crippen LogP contribution in [0.1, 0.15) is 13.8 Å². The Labute approximate surface area is 82.5 Å². The molecule has 1 saturated heterocycles. The van der Waals surface area contributed by atoms with Crippen LogP contribution in [0.4, 0.5) is 0 Å². The molecule has 1 unspecified atom stereocenters. The molecule has 0 saturated carbocycles. The van der Waals surface area contributed by atoms with Gasteiger partial charge in [0.2, 0.25) is 5.91 Å². The Balaban J connectivity index is 2.53. The molecule has 1 aliphatic rings. The summed E-state index contributed by atoms with van der Waals surface area (Å²) < 4.78 is 4.71. The summed E-state index contributed by atoms with van der Waals surface area (Å²) in [7, 11) is 0. The fraction of sp³-hybridized carbons (Fsp3) is 0.556. The van der Waals surface area contributed by atoms with Crippen molar-refractivity contribution in [3.63, 3.8) is 0 Å². The summed E-state index contributed by atoms with van der Waals surface area (Å²) in [6.07, 6.45) is 1.30. The average molecular weight is 198 g/mol. The third-order valence-electron chi connectivity index (χ3n) is 2.00. The van der Waals surface area contributed by atoms with E-state index < -0.39 is 12.0 Å². The Morgan fingerprint density at radius 2 is 2.43 bits per heavy atom. The lowest BCUT2D eigenvalue weighted by Gasteiger charge is -2.36. The van der Waals surface area contributed by atoms with Crippen LogP contribution < -0.4 is 5.73 Å². The first-order valence-electron chi connectivity index (χ1n) is 4.48. The van der Waals surface area contributed by atoms with E-state index >= 15 is 0 Å². The number of allylic oxidation sites excluding steroid dienone is 1. The van der Waals surface area contributed by atoms with Gasteiger partial charge in [-0.05, 0) is 13.8 Å². The van der Waals surface area contributed by atoms with E-state index in [9.17, 15) is 9.59 Å². The number of ether oxygens (including phenoxy) is 1. The van der Waals surface area contributed by atoms with Crippen molar-refractivity contribution < 1.29 is 14.3 Å². The molecular formula is C9H14N2O3. The number of amides is 1. The van der Waals surface area contributed by atoms with Crippen molar-refractivity contribution in [3.8, 4) is 0 Å². The second kappa shape index (κ2) is 4.23. The minimum Gasteiger partial charge on any atom is -0.463 e. The SMILES string of the molecule is CCOC(=O)C=C(C)N1CC(N)C1=O. The Bertz CT molecular complexity index is 286. The van der Waals surface area contributed by atoms with Gasteiger partial charge in [0.25, 0.3) is 0 Å². The molecule has 14 heavy (non-hydrogen) atoms. The zero-order valence-corrected chi connectivity index (χ0v) is 8.32. The molecule has 1 atom stereocenters. The number of hydrogen-bond donors (Lipinski definition) is 1. The second-order valence-corrected chi connectivity index (χ2v) is 3.09. The molecule has 0 aliphatic carbocycles. The van der Waals surface area contributed by atoms with Crippen LogP contribution in [0.25, 0.3) is 0 Å². The number of hydrogen-bond acceptors (Lipinski definition) is 4. The first-order valence-corrected chi connectivity index (χ1v) is 4.48. The van der Waals surface area contributed by atoms with Gasteiger partial charge in [-0.25, -0.2) is 4.79 Å². The van der Waals surface area contributed by atoms with E-state index in [4.69, 9.17) is 10.5 Å². The molecule has 1 amide bonds. The molecular weight excluding hydrogens is 184 g/mol. The highest BCUT2D eigenvalue weighted by molar-refractivity contribution is 5.91. The van der Waals surface area contributed by atoms with E-state index in [2.05, 4.69) is 0 Å². The lowest BCUT2D eigenvalue weighted by Crippen LogP contribution is -2.59. The molecule has 5 nitrogen and oxygen atoms in total. The van der Waals surface area contributed by atoms with Gasteiger partial charge in [0.15, 0.2) is 0 Å². The number of carbonyl (C=O) groups excluding carboxylic acids is 2. The van der Waals surface area contributed by atoms with Crippen LogP contribution in [-0.4, -0.2) is 36.0 Å². The van der Waals surface area contributed by atoms with Gasteiger partial charge in [-0.3, -0.25) is 4.79 Å². The fourth-order valence-corrected chi connectivity index (χ4v) is 1.20. The molecule has 0 aromatic carbocycles. The van der Waals surface area contributed by atoms with Crippen molar-refractivity contribution in [1.82, 2.24) is 4.90 Å². The van der Waals surface area contributed by atoms with Crippen LogP contribution in [0, 0.1) is 0 Å². The van der Waals surface area contributed by atoms with Gasteiger partial charge in [0.05, 0.1) is 6.61 Å². The average Bonchev–Trinajstić information content (AvgIpc) is 2.13. The highest BCUT2D eigenvalue weighted by atomic mass is 16.5. The fourth-order valence-electron chi connectivity index (χ4n) is 1.20. The molecule has 0 spiro atoms. The zero-order chi connectivity index (χ0) is 10.7. The number of nitrogens with two attached hydrogens (primary N) is 1. The van der Waals surface area contributed by atoms with Gasteiger partial charge in [-0.1, -0.05) is 0 Å². The number of β-lactam (4-membered cyclic amide) rings is 1. The topological polar surface area (TPSA) is 72.6 Å². The Morgan fingerprint density at radius 1 is 1.79 bits per heavy atom. The zero-order valence-electron chi connectivity index (χ0n) is 8.32. The first-order chi connectivity index (χ1) is 6.56. The Kier molecular flexibility index (Phi) is 3.24. The van der Waals surface area contributed by atoms with Gasteiger partial charge in [-0.15, -0.1) is 0 Å². The lowest BCUT2D eigenvalue weighted by molar-refractivity contribution is -0.139. The van der Waals surface area contributed by atoms with E-state index in [1.165, 1.54) is 11.0 Å². The van der Waals surface area contributed by atoms with Crippen molar-refractivity contribution in [1.29, 1.82) is 0 Å². The van der Waals surface area contributed by atoms with Crippen LogP contribution in [0.15, 0.2) is 11.8 Å². The molecule has 0 aromatic rings. The van der Waals surface area contributed by atoms with Crippen molar-refractivity contribution >= 4 is 11.9 Å². The molecule has 0 bridgehead atoms. The molecule has 1 aliphatic heterocycles. The molecule has 0 radical (unpaired) electrons. The number of rotatable bonds is 3. The van der Waals surface area contributed by atoms with Gasteiger partial charge in [-0.2, -0.15) is 0 Å². The van der Waals surface area contributed by atoms with Crippen LogP contribution in [0.5, 0.6) is 0 Å². The smallest absolute Gasteiger partial charge is 0.332 e. The molecule has 78 valence electrons. The normalized spacial score (nSPS) is 21.9. The number of esters is 1. The third-order valence-corrected chi connectivity index (χ3v) is 2.00. The monoisotopic (exact) mass is 198 g/mol. The Hall–Kier alpha value is -1.36. The van der Waals surface area contributed by atoms with E-state index in [-0.39, 0.29) is 5.91 Å². The lowest BCUT2D eigenvalue weighted by atomic mass is 10.1. The molecule has 5 heteroatoms. The van der Waals surface area contributed by atoms with Crippen LogP contribution in [0.3, 0.4) is 0 Å². The molecule has 2 N–H and O–H groups in total. The standard InChI is InChI=1S/C9H14N2O3/c1-3-14-8(12)4-6(2)11-5-7(10)9(11)13/h4,7H,3,5,10H2,1-2H3. The highest BCUT2D eigenvalue weighted by Crippen LogP contribution is 2.14. The van der Waals surface area contributed by atoms with Crippen LogP contribution >= 0.6 is 0 Å². The quantitative estimate of drug-likeness (QED) is 0.381. The maximum absolute atomic E-state index is 11.2. The summed E-state index contributed by atoms with van der Waals surface area (Å²) in [6.45, 7) is 4.21. The molecule has 0 aromatic heterocycles. The van der Waals surface area contributed by atoms with Crippen LogP contribution in [0.2, 0.25) is 0 Å². The summed E-state index contributed by atoms with van der Waals surface area (Å²) in [5.74, 6) is -0.582. The van der Waals surface area contributed by atoms with E-state index in [1.807, 2.05) is 0 Å². The van der Waals surface area contributed by atoms with Gasteiger partial charge >= 0.3 is 5.97 Å². The molecule has 1 heterocycles. The van der Waals surface area contributed by atoms with E-state index in [1.54, 1.807) is 13.8 Å². The van der Waals surface area contributed by atoms with Crippen LogP contribution in [-0.2, 0) is 14.3 Å². The van der Waals surface area contributed by atoms with E-state index in [0.29, 0.717) is 18.8 Å². The summed E-state index contributed by atoms with van der Waals surface area (Å²) >= 11 is 0. The van der Waals surface area contributed by atoms with Gasteiger partial charge in [0, 0.05) is 18.3 Å². The predicted octanol–water partition coefficient (Wildman–Crippen LogP) is -0.377. The second-order valence-electron chi connectivity index (χ2n) is 3.09. The van der Waals surface area contributed by atoms with Crippen molar-refractivity contribution in [2.45, 2.75) is 19.9 Å². The third kappa shape index (κ3) is 2.11. The summed E-state index contributed by atoms with van der Waals surface area (Å²) in [4.78, 5) is 23.6. The minimum absolute atomic E-state index is 0.150. The largest absolute Gasteiger partial charge is 0.463 e. The molecule has 1 rings (SSSR count). The maximum Gasteiger partial charge on any atom is 0.332 e. The van der Waals surface area contributed by atoms with Gasteiger partial charge < -0.3 is 15.4 Å². The van der Waals surface area contributed by atoms with Crippen molar-refractivity contribution in [2.75, 3.05) is 13.2 Å². The van der Waals surface area contributed by atoms with Gasteiger partial charge in [0.1, 0.15) is 6.04 Å². The number of nitrogens with zero attached hydrogens (tertiary/aromatic N) is 1. The number of likely N-dealkylation sites (tertiary alicyclic amines) is 1. The minimum atomic E-state index is -0.432.